The van der Waals surface area contributed by atoms with Gasteiger partial charge in [0.15, 0.2) is 0 Å². The van der Waals surface area contributed by atoms with E-state index in [0.29, 0.717) is 12.2 Å². The van der Waals surface area contributed by atoms with Crippen molar-refractivity contribution in [3.8, 4) is 6.07 Å². The summed E-state index contributed by atoms with van der Waals surface area (Å²) in [6.07, 6.45) is -4.44. The number of rotatable bonds is 4. The van der Waals surface area contributed by atoms with Crippen LogP contribution in [0.5, 0.6) is 0 Å². The van der Waals surface area contributed by atoms with E-state index in [9.17, 15) is 13.2 Å². The van der Waals surface area contributed by atoms with Crippen molar-refractivity contribution in [3.63, 3.8) is 0 Å². The third-order valence-electron chi connectivity index (χ3n) is 3.39. The summed E-state index contributed by atoms with van der Waals surface area (Å²) < 4.78 is 37.7. The third-order valence-corrected chi connectivity index (χ3v) is 3.39. The molecule has 0 saturated carbocycles. The molecule has 0 bridgehead atoms. The normalized spacial score (nSPS) is 12.3. The molecule has 0 aromatic heterocycles. The molecule has 0 fully saturated rings. The molecule has 1 aromatic carbocycles. The Morgan fingerprint density at radius 2 is 1.85 bits per heavy atom. The van der Waals surface area contributed by atoms with Gasteiger partial charge >= 0.3 is 6.18 Å². The van der Waals surface area contributed by atoms with Gasteiger partial charge in [-0.3, -0.25) is 0 Å². The van der Waals surface area contributed by atoms with E-state index in [2.05, 4.69) is 5.32 Å². The molecule has 0 saturated heterocycles. The highest BCUT2D eigenvalue weighted by molar-refractivity contribution is 5.59. The second kappa shape index (κ2) is 5.71. The van der Waals surface area contributed by atoms with Crippen molar-refractivity contribution >= 4 is 5.69 Å². The number of nitrogens with one attached hydrogen (secondary N) is 1. The Labute approximate surface area is 117 Å². The lowest BCUT2D eigenvalue weighted by Crippen LogP contribution is -2.44. The monoisotopic (exact) mass is 285 g/mol. The van der Waals surface area contributed by atoms with Crippen LogP contribution < -0.4 is 5.32 Å². The SMILES string of the molecule is CN(C)C(C)(C)CNc1ccc(C(F)(F)F)cc1C#N. The van der Waals surface area contributed by atoms with Crippen LogP contribution in [0.4, 0.5) is 18.9 Å². The van der Waals surface area contributed by atoms with Crippen molar-refractivity contribution in [1.29, 1.82) is 5.26 Å². The number of alkyl halides is 3. The summed E-state index contributed by atoms with van der Waals surface area (Å²) in [5.41, 5.74) is -0.591. The Kier molecular flexibility index (Phi) is 4.66. The molecule has 0 amide bonds. The van der Waals surface area contributed by atoms with Gasteiger partial charge in [0, 0.05) is 12.1 Å². The van der Waals surface area contributed by atoms with Crippen LogP contribution in [-0.2, 0) is 6.18 Å². The van der Waals surface area contributed by atoms with Crippen molar-refractivity contribution in [3.05, 3.63) is 29.3 Å². The molecule has 1 rings (SSSR count). The Morgan fingerprint density at radius 1 is 1.25 bits per heavy atom. The predicted octanol–water partition coefficient (Wildman–Crippen LogP) is 3.33. The molecule has 110 valence electrons. The maximum absolute atomic E-state index is 12.6. The van der Waals surface area contributed by atoms with Gasteiger partial charge < -0.3 is 10.2 Å². The number of hydrogen-bond acceptors (Lipinski definition) is 3. The van der Waals surface area contributed by atoms with Crippen molar-refractivity contribution in [1.82, 2.24) is 4.90 Å². The summed E-state index contributed by atoms with van der Waals surface area (Å²) in [7, 11) is 3.83. The van der Waals surface area contributed by atoms with Crippen LogP contribution >= 0.6 is 0 Å². The second-order valence-electron chi connectivity index (χ2n) is 5.43. The van der Waals surface area contributed by atoms with Crippen LogP contribution in [0, 0.1) is 11.3 Å². The zero-order chi connectivity index (χ0) is 15.6. The van der Waals surface area contributed by atoms with Crippen LogP contribution in [0.2, 0.25) is 0 Å². The average molecular weight is 285 g/mol. The lowest BCUT2D eigenvalue weighted by atomic mass is 10.0. The summed E-state index contributed by atoms with van der Waals surface area (Å²) in [4.78, 5) is 2.00. The third kappa shape index (κ3) is 3.87. The minimum atomic E-state index is -4.44. The zero-order valence-corrected chi connectivity index (χ0v) is 12.0. The van der Waals surface area contributed by atoms with Gasteiger partial charge in [0.25, 0.3) is 0 Å². The topological polar surface area (TPSA) is 39.1 Å². The van der Waals surface area contributed by atoms with Crippen LogP contribution in [0.25, 0.3) is 0 Å². The summed E-state index contributed by atoms with van der Waals surface area (Å²) in [6, 6.07) is 4.94. The summed E-state index contributed by atoms with van der Waals surface area (Å²) in [5.74, 6) is 0. The van der Waals surface area contributed by atoms with E-state index in [-0.39, 0.29) is 11.1 Å². The Bertz CT molecular complexity index is 513. The molecule has 6 heteroatoms. The van der Waals surface area contributed by atoms with Crippen LogP contribution in [0.3, 0.4) is 0 Å². The minimum absolute atomic E-state index is 0.00520. The van der Waals surface area contributed by atoms with Gasteiger partial charge in [-0.15, -0.1) is 0 Å². The van der Waals surface area contributed by atoms with E-state index in [4.69, 9.17) is 5.26 Å². The first-order valence-electron chi connectivity index (χ1n) is 6.10. The molecule has 0 heterocycles. The smallest absolute Gasteiger partial charge is 0.382 e. The van der Waals surface area contributed by atoms with E-state index < -0.39 is 11.7 Å². The molecule has 3 nitrogen and oxygen atoms in total. The number of halogens is 3. The second-order valence-corrected chi connectivity index (χ2v) is 5.43. The molecule has 1 N–H and O–H groups in total. The molecular formula is C14H18F3N3. The first-order valence-corrected chi connectivity index (χ1v) is 6.10. The number of nitriles is 1. The van der Waals surface area contributed by atoms with Crippen LogP contribution in [-0.4, -0.2) is 31.1 Å². The molecule has 1 aromatic rings. The lowest BCUT2D eigenvalue weighted by molar-refractivity contribution is -0.137. The number of anilines is 1. The quantitative estimate of drug-likeness (QED) is 0.922. The van der Waals surface area contributed by atoms with E-state index in [1.54, 1.807) is 6.07 Å². The fourth-order valence-electron chi connectivity index (χ4n) is 1.44. The summed E-state index contributed by atoms with van der Waals surface area (Å²) in [5, 5.41) is 12.0. The molecular weight excluding hydrogens is 267 g/mol. The number of likely N-dealkylation sites (N-methyl/N-ethyl adjacent to an activating group) is 1. The highest BCUT2D eigenvalue weighted by Gasteiger charge is 2.31. The van der Waals surface area contributed by atoms with Crippen LogP contribution in [0.1, 0.15) is 25.0 Å². The van der Waals surface area contributed by atoms with Gasteiger partial charge in [-0.25, -0.2) is 0 Å². The Hall–Kier alpha value is -1.74. The van der Waals surface area contributed by atoms with E-state index >= 15 is 0 Å². The van der Waals surface area contributed by atoms with Crippen molar-refractivity contribution < 1.29 is 13.2 Å². The van der Waals surface area contributed by atoms with Gasteiger partial charge in [-0.05, 0) is 46.1 Å². The van der Waals surface area contributed by atoms with E-state index in [0.717, 1.165) is 12.1 Å². The summed E-state index contributed by atoms with van der Waals surface area (Å²) >= 11 is 0. The Morgan fingerprint density at radius 3 is 2.30 bits per heavy atom. The van der Waals surface area contributed by atoms with Crippen molar-refractivity contribution in [2.45, 2.75) is 25.6 Å². The van der Waals surface area contributed by atoms with Gasteiger partial charge in [-0.2, -0.15) is 18.4 Å². The summed E-state index contributed by atoms with van der Waals surface area (Å²) in [6.45, 7) is 4.51. The molecule has 0 radical (unpaired) electrons. The maximum atomic E-state index is 12.6. The molecule has 0 aliphatic rings. The minimum Gasteiger partial charge on any atom is -0.382 e. The highest BCUT2D eigenvalue weighted by Crippen LogP contribution is 2.31. The fraction of sp³-hybridized carbons (Fsp3) is 0.500. The molecule has 0 unspecified atom stereocenters. The molecule has 0 aliphatic carbocycles. The van der Waals surface area contributed by atoms with E-state index in [1.165, 1.54) is 6.07 Å². The fourth-order valence-corrected chi connectivity index (χ4v) is 1.44. The number of benzene rings is 1. The maximum Gasteiger partial charge on any atom is 0.416 e. The molecule has 0 atom stereocenters. The standard InChI is InChI=1S/C14H18F3N3/c1-13(2,20(3)4)9-19-12-6-5-11(14(15,16)17)7-10(12)8-18/h5-7,19H,9H2,1-4H3. The largest absolute Gasteiger partial charge is 0.416 e. The van der Waals surface area contributed by atoms with Crippen LogP contribution in [0.15, 0.2) is 18.2 Å². The van der Waals surface area contributed by atoms with Gasteiger partial charge in [0.05, 0.1) is 16.8 Å². The highest BCUT2D eigenvalue weighted by atomic mass is 19.4. The van der Waals surface area contributed by atoms with E-state index in [1.807, 2.05) is 32.8 Å². The molecule has 0 aliphatic heterocycles. The van der Waals surface area contributed by atoms with Gasteiger partial charge in [0.1, 0.15) is 6.07 Å². The average Bonchev–Trinajstić information content (AvgIpc) is 2.34. The van der Waals surface area contributed by atoms with Gasteiger partial charge in [-0.1, -0.05) is 0 Å². The number of nitrogens with zero attached hydrogens (tertiary/aromatic N) is 2. The zero-order valence-electron chi connectivity index (χ0n) is 12.0. The molecule has 0 spiro atoms. The first kappa shape index (κ1) is 16.3. The van der Waals surface area contributed by atoms with Crippen molar-refractivity contribution in [2.24, 2.45) is 0 Å². The molecule has 20 heavy (non-hydrogen) atoms. The van der Waals surface area contributed by atoms with Gasteiger partial charge in [0.2, 0.25) is 0 Å². The number of hydrogen-bond donors (Lipinski definition) is 1. The van der Waals surface area contributed by atoms with Crippen molar-refractivity contribution in [2.75, 3.05) is 26.0 Å². The predicted molar refractivity (Wildman–Crippen MR) is 72.4 cm³/mol. The Balaban J connectivity index is 2.96. The first-order chi connectivity index (χ1) is 9.08. The lowest BCUT2D eigenvalue weighted by Gasteiger charge is -2.33.